The van der Waals surface area contributed by atoms with E-state index in [2.05, 4.69) is 5.32 Å². The van der Waals surface area contributed by atoms with Gasteiger partial charge in [0.25, 0.3) is 5.91 Å². The first-order chi connectivity index (χ1) is 14.3. The number of nitrogens with one attached hydrogen (secondary N) is 1. The van der Waals surface area contributed by atoms with Crippen molar-refractivity contribution >= 4 is 34.9 Å². The molecule has 1 unspecified atom stereocenters. The fourth-order valence-corrected chi connectivity index (χ4v) is 2.83. The van der Waals surface area contributed by atoms with Gasteiger partial charge in [0.1, 0.15) is 5.82 Å². The molecule has 152 valence electrons. The average Bonchev–Trinajstić information content (AvgIpc) is 2.73. The third-order valence-corrected chi connectivity index (χ3v) is 4.50. The molecule has 3 aromatic carbocycles. The van der Waals surface area contributed by atoms with Gasteiger partial charge in [-0.15, -0.1) is 0 Å². The molecule has 30 heavy (non-hydrogen) atoms. The number of carbonyl (C=O) groups excluding carboxylic acids is 3. The molecule has 0 aliphatic rings. The largest absolute Gasteiger partial charge is 0.449 e. The highest BCUT2D eigenvalue weighted by Crippen LogP contribution is 2.19. The van der Waals surface area contributed by atoms with E-state index >= 15 is 0 Å². The number of benzene rings is 3. The van der Waals surface area contributed by atoms with Gasteiger partial charge in [-0.2, -0.15) is 0 Å². The van der Waals surface area contributed by atoms with E-state index in [0.29, 0.717) is 10.6 Å². The molecule has 0 saturated heterocycles. The molecule has 3 rings (SSSR count). The van der Waals surface area contributed by atoms with Gasteiger partial charge in [-0.05, 0) is 55.5 Å². The van der Waals surface area contributed by atoms with Crippen molar-refractivity contribution in [3.8, 4) is 0 Å². The Bertz CT molecular complexity index is 1100. The summed E-state index contributed by atoms with van der Waals surface area (Å²) >= 11 is 5.85. The van der Waals surface area contributed by atoms with Crippen LogP contribution in [-0.4, -0.2) is 23.8 Å². The lowest BCUT2D eigenvalue weighted by Gasteiger charge is -2.15. The number of ether oxygens (including phenoxy) is 1. The van der Waals surface area contributed by atoms with Crippen LogP contribution in [-0.2, 0) is 9.53 Å². The zero-order valence-corrected chi connectivity index (χ0v) is 16.7. The van der Waals surface area contributed by atoms with E-state index in [9.17, 15) is 18.8 Å². The Morgan fingerprint density at radius 3 is 2.27 bits per heavy atom. The molecular weight excluding hydrogens is 409 g/mol. The topological polar surface area (TPSA) is 72.5 Å². The normalized spacial score (nSPS) is 11.4. The number of halogens is 2. The molecule has 0 aromatic heterocycles. The predicted octanol–water partition coefficient (Wildman–Crippen LogP) is 4.89. The summed E-state index contributed by atoms with van der Waals surface area (Å²) in [6.45, 7) is 1.39. The number of ketones is 1. The van der Waals surface area contributed by atoms with E-state index in [-0.39, 0.29) is 22.6 Å². The van der Waals surface area contributed by atoms with Crippen LogP contribution in [0.15, 0.2) is 72.8 Å². The highest BCUT2D eigenvalue weighted by Gasteiger charge is 2.23. The van der Waals surface area contributed by atoms with Crippen molar-refractivity contribution in [2.45, 2.75) is 13.0 Å². The summed E-state index contributed by atoms with van der Waals surface area (Å²) in [5, 5.41) is 2.96. The summed E-state index contributed by atoms with van der Waals surface area (Å²) in [6, 6.07) is 17.8. The zero-order valence-electron chi connectivity index (χ0n) is 15.9. The van der Waals surface area contributed by atoms with Crippen molar-refractivity contribution in [3.63, 3.8) is 0 Å². The van der Waals surface area contributed by atoms with Crippen LogP contribution in [0, 0.1) is 5.82 Å². The van der Waals surface area contributed by atoms with Crippen LogP contribution >= 0.6 is 11.6 Å². The van der Waals surface area contributed by atoms with Crippen molar-refractivity contribution in [3.05, 3.63) is 100 Å². The van der Waals surface area contributed by atoms with Crippen LogP contribution in [0.3, 0.4) is 0 Å². The Balaban J connectivity index is 1.74. The third kappa shape index (κ3) is 5.10. The SMILES string of the molecule is CC(OC(=O)c1ccccc1C(=O)c1ccc(Cl)cc1)C(=O)Nc1cccc(F)c1. The minimum absolute atomic E-state index is 0.0304. The lowest BCUT2D eigenvalue weighted by molar-refractivity contribution is -0.123. The molecule has 1 atom stereocenters. The first kappa shape index (κ1) is 21.2. The van der Waals surface area contributed by atoms with E-state index in [1.807, 2.05) is 0 Å². The Kier molecular flexibility index (Phi) is 6.59. The molecule has 1 N–H and O–H groups in total. The molecule has 7 heteroatoms. The Morgan fingerprint density at radius 2 is 1.60 bits per heavy atom. The number of carbonyl (C=O) groups is 3. The predicted molar refractivity (Wildman–Crippen MR) is 111 cm³/mol. The van der Waals surface area contributed by atoms with Crippen molar-refractivity contribution in [1.82, 2.24) is 0 Å². The van der Waals surface area contributed by atoms with Crippen LogP contribution in [0.1, 0.15) is 33.2 Å². The van der Waals surface area contributed by atoms with Gasteiger partial charge in [-0.3, -0.25) is 9.59 Å². The van der Waals surface area contributed by atoms with Crippen molar-refractivity contribution in [2.24, 2.45) is 0 Å². The number of hydrogen-bond donors (Lipinski definition) is 1. The number of esters is 1. The van der Waals surface area contributed by atoms with Crippen LogP contribution in [0.4, 0.5) is 10.1 Å². The lowest BCUT2D eigenvalue weighted by atomic mass is 9.98. The fraction of sp³-hybridized carbons (Fsp3) is 0.0870. The summed E-state index contributed by atoms with van der Waals surface area (Å²) in [4.78, 5) is 37.7. The monoisotopic (exact) mass is 425 g/mol. The first-order valence-corrected chi connectivity index (χ1v) is 9.39. The molecule has 0 aliphatic carbocycles. The molecule has 0 spiro atoms. The maximum atomic E-state index is 13.3. The first-order valence-electron chi connectivity index (χ1n) is 9.02. The summed E-state index contributed by atoms with van der Waals surface area (Å²) in [7, 11) is 0. The Morgan fingerprint density at radius 1 is 0.933 bits per heavy atom. The van der Waals surface area contributed by atoms with Crippen molar-refractivity contribution in [2.75, 3.05) is 5.32 Å². The molecule has 0 heterocycles. The quantitative estimate of drug-likeness (QED) is 0.450. The molecule has 1 amide bonds. The van der Waals surface area contributed by atoms with Crippen LogP contribution in [0.5, 0.6) is 0 Å². The van der Waals surface area contributed by atoms with Gasteiger partial charge in [0.05, 0.1) is 5.56 Å². The summed E-state index contributed by atoms with van der Waals surface area (Å²) < 4.78 is 18.5. The zero-order chi connectivity index (χ0) is 21.7. The van der Waals surface area contributed by atoms with E-state index in [0.717, 1.165) is 6.07 Å². The second-order valence-electron chi connectivity index (χ2n) is 6.43. The number of rotatable bonds is 6. The smallest absolute Gasteiger partial charge is 0.339 e. The molecule has 0 aliphatic heterocycles. The van der Waals surface area contributed by atoms with Gasteiger partial charge in [0.15, 0.2) is 11.9 Å². The summed E-state index contributed by atoms with van der Waals surface area (Å²) in [5.74, 6) is -2.34. The standard InChI is InChI=1S/C23H17ClFNO4/c1-14(22(28)26-18-6-4-5-17(25)13-18)30-23(29)20-8-3-2-7-19(20)21(27)15-9-11-16(24)12-10-15/h2-14H,1H3,(H,26,28). The van der Waals surface area contributed by atoms with Crippen LogP contribution < -0.4 is 5.32 Å². The molecule has 0 bridgehead atoms. The molecule has 3 aromatic rings. The molecular formula is C23H17ClFNO4. The van der Waals surface area contributed by atoms with Crippen molar-refractivity contribution < 1.29 is 23.5 Å². The highest BCUT2D eigenvalue weighted by atomic mass is 35.5. The summed E-state index contributed by atoms with van der Waals surface area (Å²) in [5.41, 5.74) is 0.767. The Hall–Kier alpha value is -3.51. The van der Waals surface area contributed by atoms with E-state index in [1.165, 1.54) is 37.3 Å². The van der Waals surface area contributed by atoms with Gasteiger partial charge >= 0.3 is 5.97 Å². The third-order valence-electron chi connectivity index (χ3n) is 4.24. The molecule has 0 fully saturated rings. The second kappa shape index (κ2) is 9.33. The van der Waals surface area contributed by atoms with E-state index in [1.54, 1.807) is 36.4 Å². The number of anilines is 1. The maximum Gasteiger partial charge on any atom is 0.339 e. The maximum absolute atomic E-state index is 13.3. The van der Waals surface area contributed by atoms with Gasteiger partial charge < -0.3 is 10.1 Å². The van der Waals surface area contributed by atoms with E-state index < -0.39 is 23.8 Å². The lowest BCUT2D eigenvalue weighted by Crippen LogP contribution is -2.30. The number of amides is 1. The van der Waals surface area contributed by atoms with E-state index in [4.69, 9.17) is 16.3 Å². The van der Waals surface area contributed by atoms with Crippen molar-refractivity contribution in [1.29, 1.82) is 0 Å². The Labute approximate surface area is 177 Å². The van der Waals surface area contributed by atoms with Crippen LogP contribution in [0.25, 0.3) is 0 Å². The molecule has 0 radical (unpaired) electrons. The number of hydrogen-bond acceptors (Lipinski definition) is 4. The van der Waals surface area contributed by atoms with Crippen LogP contribution in [0.2, 0.25) is 5.02 Å². The van der Waals surface area contributed by atoms with Gasteiger partial charge in [-0.25, -0.2) is 9.18 Å². The van der Waals surface area contributed by atoms with Gasteiger partial charge in [0.2, 0.25) is 0 Å². The molecule has 5 nitrogen and oxygen atoms in total. The van der Waals surface area contributed by atoms with Gasteiger partial charge in [0, 0.05) is 21.8 Å². The minimum atomic E-state index is -1.17. The second-order valence-corrected chi connectivity index (χ2v) is 6.87. The minimum Gasteiger partial charge on any atom is -0.449 e. The fourth-order valence-electron chi connectivity index (χ4n) is 2.70. The average molecular weight is 426 g/mol. The molecule has 0 saturated carbocycles. The highest BCUT2D eigenvalue weighted by molar-refractivity contribution is 6.30. The summed E-state index contributed by atoms with van der Waals surface area (Å²) in [6.07, 6.45) is -1.17. The van der Waals surface area contributed by atoms with Gasteiger partial charge in [-0.1, -0.05) is 35.9 Å².